The first kappa shape index (κ1) is 13.3. The van der Waals surface area contributed by atoms with Crippen molar-refractivity contribution in [3.63, 3.8) is 0 Å². The molecule has 0 aliphatic carbocycles. The maximum atomic E-state index is 4.50. The Morgan fingerprint density at radius 3 is 3.06 bits per heavy atom. The average Bonchev–Trinajstić information content (AvgIpc) is 2.79. The Bertz CT molecular complexity index is 391. The predicted molar refractivity (Wildman–Crippen MR) is 74.8 cm³/mol. The fourth-order valence-corrected chi connectivity index (χ4v) is 2.54. The molecule has 18 heavy (non-hydrogen) atoms. The van der Waals surface area contributed by atoms with Crippen molar-refractivity contribution < 1.29 is 0 Å². The molecule has 2 rings (SSSR count). The second kappa shape index (κ2) is 6.14. The number of nitrogens with zero attached hydrogens (tertiary/aromatic N) is 3. The predicted octanol–water partition coefficient (Wildman–Crippen LogP) is 2.24. The van der Waals surface area contributed by atoms with E-state index in [-0.39, 0.29) is 0 Å². The molecule has 1 N–H and O–H groups in total. The van der Waals surface area contributed by atoms with E-state index in [9.17, 15) is 0 Å². The van der Waals surface area contributed by atoms with Gasteiger partial charge in [-0.05, 0) is 45.7 Å². The third kappa shape index (κ3) is 3.42. The van der Waals surface area contributed by atoms with E-state index in [1.54, 1.807) is 0 Å². The molecule has 4 heteroatoms. The van der Waals surface area contributed by atoms with Gasteiger partial charge in [-0.1, -0.05) is 6.92 Å². The highest BCUT2D eigenvalue weighted by atomic mass is 15.1. The topological polar surface area (TPSA) is 41.0 Å². The fraction of sp³-hybridized carbons (Fsp3) is 0.714. The highest BCUT2D eigenvalue weighted by Crippen LogP contribution is 2.17. The number of aryl methyl sites for hydroxylation is 2. The second-order valence-corrected chi connectivity index (χ2v) is 5.28. The van der Waals surface area contributed by atoms with Crippen LogP contribution in [0, 0.1) is 19.8 Å². The zero-order valence-corrected chi connectivity index (χ0v) is 11.7. The molecular weight excluding hydrogens is 224 g/mol. The van der Waals surface area contributed by atoms with Gasteiger partial charge in [-0.25, -0.2) is 4.98 Å². The lowest BCUT2D eigenvalue weighted by atomic mass is 10.1. The Morgan fingerprint density at radius 1 is 1.44 bits per heavy atom. The molecule has 0 bridgehead atoms. The van der Waals surface area contributed by atoms with Crippen molar-refractivity contribution in [1.82, 2.24) is 14.9 Å². The summed E-state index contributed by atoms with van der Waals surface area (Å²) in [6.07, 6.45) is 4.37. The normalized spacial score (nSPS) is 20.3. The highest BCUT2D eigenvalue weighted by molar-refractivity contribution is 5.39. The molecule has 1 aliphatic rings. The summed E-state index contributed by atoms with van der Waals surface area (Å²) in [6.45, 7) is 11.0. The van der Waals surface area contributed by atoms with Crippen molar-refractivity contribution in [2.75, 3.05) is 31.5 Å². The van der Waals surface area contributed by atoms with E-state index in [0.29, 0.717) is 0 Å². The average molecular weight is 248 g/mol. The van der Waals surface area contributed by atoms with Gasteiger partial charge in [0.05, 0.1) is 11.4 Å². The van der Waals surface area contributed by atoms with Gasteiger partial charge >= 0.3 is 0 Å². The number of nitrogens with one attached hydrogen (secondary N) is 1. The van der Waals surface area contributed by atoms with E-state index in [0.717, 1.165) is 29.7 Å². The molecule has 0 radical (unpaired) electrons. The van der Waals surface area contributed by atoms with Gasteiger partial charge in [0.15, 0.2) is 0 Å². The zero-order chi connectivity index (χ0) is 13.0. The van der Waals surface area contributed by atoms with E-state index in [1.165, 1.54) is 32.5 Å². The van der Waals surface area contributed by atoms with Crippen molar-refractivity contribution in [2.24, 2.45) is 5.92 Å². The third-order valence-electron chi connectivity index (χ3n) is 3.54. The van der Waals surface area contributed by atoms with Crippen LogP contribution in [0.3, 0.4) is 0 Å². The van der Waals surface area contributed by atoms with Gasteiger partial charge < -0.3 is 10.2 Å². The van der Waals surface area contributed by atoms with E-state index in [4.69, 9.17) is 0 Å². The maximum Gasteiger partial charge on any atom is 0.147 e. The summed E-state index contributed by atoms with van der Waals surface area (Å²) in [6, 6.07) is 0. The summed E-state index contributed by atoms with van der Waals surface area (Å²) in [5.74, 6) is 1.70. The summed E-state index contributed by atoms with van der Waals surface area (Å²) >= 11 is 0. The first-order chi connectivity index (χ1) is 8.69. The van der Waals surface area contributed by atoms with Gasteiger partial charge in [-0.2, -0.15) is 0 Å². The minimum Gasteiger partial charge on any atom is -0.368 e. The second-order valence-electron chi connectivity index (χ2n) is 5.28. The molecule has 1 unspecified atom stereocenters. The van der Waals surface area contributed by atoms with E-state index >= 15 is 0 Å². The molecule has 4 nitrogen and oxygen atoms in total. The highest BCUT2D eigenvalue weighted by Gasteiger charge is 2.21. The quantitative estimate of drug-likeness (QED) is 0.867. The molecule has 1 atom stereocenters. The molecule has 1 saturated heterocycles. The third-order valence-corrected chi connectivity index (χ3v) is 3.54. The molecule has 1 aliphatic heterocycles. The lowest BCUT2D eigenvalue weighted by Crippen LogP contribution is -2.24. The van der Waals surface area contributed by atoms with Crippen LogP contribution in [-0.2, 0) is 0 Å². The van der Waals surface area contributed by atoms with Crippen molar-refractivity contribution >= 4 is 5.82 Å². The van der Waals surface area contributed by atoms with Crippen LogP contribution in [0.1, 0.15) is 31.2 Å². The molecule has 100 valence electrons. The zero-order valence-electron chi connectivity index (χ0n) is 11.7. The molecule has 0 amide bonds. The first-order valence-corrected chi connectivity index (χ1v) is 6.95. The maximum absolute atomic E-state index is 4.50. The Kier molecular flexibility index (Phi) is 4.53. The Labute approximate surface area is 110 Å². The molecule has 1 fully saturated rings. The summed E-state index contributed by atoms with van der Waals surface area (Å²) in [7, 11) is 0. The van der Waals surface area contributed by atoms with Crippen molar-refractivity contribution in [3.05, 3.63) is 17.6 Å². The molecular formula is C14H24N4. The molecule has 0 spiro atoms. The number of hydrogen-bond donors (Lipinski definition) is 1. The lowest BCUT2D eigenvalue weighted by Gasteiger charge is -2.15. The Morgan fingerprint density at radius 2 is 2.28 bits per heavy atom. The van der Waals surface area contributed by atoms with Crippen LogP contribution in [0.15, 0.2) is 6.20 Å². The standard InChI is InChI=1S/C14H24N4/c1-4-6-18-7-5-13(10-18)9-16-14-12(3)15-8-11(2)17-14/h8,13H,4-7,9-10H2,1-3H3,(H,16,17). The first-order valence-electron chi connectivity index (χ1n) is 6.95. The molecule has 1 aromatic rings. The van der Waals surface area contributed by atoms with Gasteiger partial charge in [-0.15, -0.1) is 0 Å². The molecule has 1 aromatic heterocycles. The van der Waals surface area contributed by atoms with Gasteiger partial charge in [0.25, 0.3) is 0 Å². The SMILES string of the molecule is CCCN1CCC(CNc2nc(C)cnc2C)C1. The van der Waals surface area contributed by atoms with Gasteiger partial charge in [-0.3, -0.25) is 4.98 Å². The van der Waals surface area contributed by atoms with Crippen LogP contribution in [0.25, 0.3) is 0 Å². The Balaban J connectivity index is 1.83. The monoisotopic (exact) mass is 248 g/mol. The number of anilines is 1. The minimum atomic E-state index is 0.748. The van der Waals surface area contributed by atoms with Gasteiger partial charge in [0.2, 0.25) is 0 Å². The minimum absolute atomic E-state index is 0.748. The van der Waals surface area contributed by atoms with Crippen LogP contribution >= 0.6 is 0 Å². The number of hydrogen-bond acceptors (Lipinski definition) is 4. The number of likely N-dealkylation sites (tertiary alicyclic amines) is 1. The molecule has 0 saturated carbocycles. The van der Waals surface area contributed by atoms with Crippen LogP contribution in [0.2, 0.25) is 0 Å². The fourth-order valence-electron chi connectivity index (χ4n) is 2.54. The van der Waals surface area contributed by atoms with Crippen molar-refractivity contribution in [1.29, 1.82) is 0 Å². The van der Waals surface area contributed by atoms with E-state index < -0.39 is 0 Å². The Hall–Kier alpha value is -1.16. The largest absolute Gasteiger partial charge is 0.368 e. The van der Waals surface area contributed by atoms with Gasteiger partial charge in [0, 0.05) is 19.3 Å². The summed E-state index contributed by atoms with van der Waals surface area (Å²) < 4.78 is 0. The van der Waals surface area contributed by atoms with Gasteiger partial charge in [0.1, 0.15) is 5.82 Å². The molecule has 0 aromatic carbocycles. The summed E-state index contributed by atoms with van der Waals surface area (Å²) in [5.41, 5.74) is 1.96. The summed E-state index contributed by atoms with van der Waals surface area (Å²) in [4.78, 5) is 11.4. The van der Waals surface area contributed by atoms with Crippen molar-refractivity contribution in [3.8, 4) is 0 Å². The van der Waals surface area contributed by atoms with Crippen LogP contribution in [-0.4, -0.2) is 41.0 Å². The summed E-state index contributed by atoms with van der Waals surface area (Å²) in [5, 5.41) is 3.46. The lowest BCUT2D eigenvalue weighted by molar-refractivity contribution is 0.327. The number of aromatic nitrogens is 2. The smallest absolute Gasteiger partial charge is 0.147 e. The van der Waals surface area contributed by atoms with E-state index in [2.05, 4.69) is 27.1 Å². The van der Waals surface area contributed by atoms with E-state index in [1.807, 2.05) is 20.0 Å². The molecule has 2 heterocycles. The van der Waals surface area contributed by atoms with Crippen molar-refractivity contribution in [2.45, 2.75) is 33.6 Å². The number of rotatable bonds is 5. The van der Waals surface area contributed by atoms with Crippen LogP contribution < -0.4 is 5.32 Å². The van der Waals surface area contributed by atoms with Crippen LogP contribution in [0.4, 0.5) is 5.82 Å². The van der Waals surface area contributed by atoms with Crippen LogP contribution in [0.5, 0.6) is 0 Å².